The van der Waals surface area contributed by atoms with Crippen LogP contribution in [-0.4, -0.2) is 25.3 Å². The van der Waals surface area contributed by atoms with Gasteiger partial charge in [-0.2, -0.15) is 4.98 Å². The van der Waals surface area contributed by atoms with E-state index in [0.717, 1.165) is 0 Å². The number of nitrogens with two attached hydrogens (primary N) is 1. The number of nitrogen functional groups attached to an aromatic ring is 1. The molecular formula is C8H11Cl2N3O2. The van der Waals surface area contributed by atoms with Crippen molar-refractivity contribution in [2.75, 3.05) is 25.7 Å². The van der Waals surface area contributed by atoms with Gasteiger partial charge in [0.1, 0.15) is 11.6 Å². The molecule has 0 aliphatic rings. The highest BCUT2D eigenvalue weighted by molar-refractivity contribution is 6.36. The number of nitrogens with zero attached hydrogens (tertiary/aromatic N) is 1. The molecular weight excluding hydrogens is 241 g/mol. The number of hydrogen-bond donors (Lipinski definition) is 2. The molecule has 84 valence electrons. The van der Waals surface area contributed by atoms with E-state index in [1.165, 1.54) is 6.07 Å². The summed E-state index contributed by atoms with van der Waals surface area (Å²) in [5.74, 6) is 5.79. The van der Waals surface area contributed by atoms with Gasteiger partial charge in [0.2, 0.25) is 5.88 Å². The van der Waals surface area contributed by atoms with Crippen LogP contribution in [0.3, 0.4) is 0 Å². The molecule has 0 aliphatic heterocycles. The first-order chi connectivity index (χ1) is 7.19. The Morgan fingerprint density at radius 1 is 1.40 bits per heavy atom. The zero-order chi connectivity index (χ0) is 11.3. The summed E-state index contributed by atoms with van der Waals surface area (Å²) in [5, 5.41) is 0.664. The predicted molar refractivity (Wildman–Crippen MR) is 59.4 cm³/mol. The quantitative estimate of drug-likeness (QED) is 0.474. The number of nitrogens with one attached hydrogen (secondary N) is 1. The van der Waals surface area contributed by atoms with Gasteiger partial charge in [0.05, 0.1) is 11.6 Å². The Morgan fingerprint density at radius 2 is 2.13 bits per heavy atom. The molecule has 0 amide bonds. The van der Waals surface area contributed by atoms with Gasteiger partial charge in [-0.25, -0.2) is 5.84 Å². The van der Waals surface area contributed by atoms with E-state index in [9.17, 15) is 0 Å². The van der Waals surface area contributed by atoms with Crippen molar-refractivity contribution < 1.29 is 9.47 Å². The molecule has 0 saturated heterocycles. The van der Waals surface area contributed by atoms with E-state index in [2.05, 4.69) is 10.4 Å². The average Bonchev–Trinajstić information content (AvgIpc) is 2.21. The van der Waals surface area contributed by atoms with Gasteiger partial charge >= 0.3 is 0 Å². The third-order valence-corrected chi connectivity index (χ3v) is 2.12. The maximum absolute atomic E-state index is 5.86. The Bertz CT molecular complexity index is 336. The summed E-state index contributed by atoms with van der Waals surface area (Å²) in [4.78, 5) is 3.98. The molecule has 0 unspecified atom stereocenters. The van der Waals surface area contributed by atoms with Crippen molar-refractivity contribution in [2.45, 2.75) is 0 Å². The number of hydrogen-bond acceptors (Lipinski definition) is 5. The van der Waals surface area contributed by atoms with E-state index in [1.807, 2.05) is 0 Å². The molecule has 0 bridgehead atoms. The summed E-state index contributed by atoms with van der Waals surface area (Å²) in [5.41, 5.74) is 2.34. The van der Waals surface area contributed by atoms with Crippen molar-refractivity contribution in [1.82, 2.24) is 4.98 Å². The van der Waals surface area contributed by atoms with E-state index in [-0.39, 0.29) is 5.88 Å². The third kappa shape index (κ3) is 3.39. The molecule has 0 fully saturated rings. The lowest BCUT2D eigenvalue weighted by molar-refractivity contribution is 0.144. The fourth-order valence-electron chi connectivity index (χ4n) is 0.874. The van der Waals surface area contributed by atoms with Crippen molar-refractivity contribution in [3.8, 4) is 5.88 Å². The fraction of sp³-hybridized carbons (Fsp3) is 0.375. The number of pyridine rings is 1. The first-order valence-corrected chi connectivity index (χ1v) is 4.89. The van der Waals surface area contributed by atoms with E-state index in [1.54, 1.807) is 7.11 Å². The van der Waals surface area contributed by atoms with Crippen molar-refractivity contribution in [1.29, 1.82) is 0 Å². The van der Waals surface area contributed by atoms with Crippen LogP contribution < -0.4 is 16.0 Å². The first-order valence-electron chi connectivity index (χ1n) is 4.13. The summed E-state index contributed by atoms with van der Waals surface area (Å²) in [6.07, 6.45) is 0. The van der Waals surface area contributed by atoms with Gasteiger partial charge in [-0.3, -0.25) is 0 Å². The van der Waals surface area contributed by atoms with Crippen LogP contribution in [0.4, 0.5) is 5.82 Å². The second-order valence-corrected chi connectivity index (χ2v) is 3.41. The second-order valence-electron chi connectivity index (χ2n) is 2.59. The lowest BCUT2D eigenvalue weighted by Crippen LogP contribution is -2.11. The Balaban J connectivity index is 2.78. The van der Waals surface area contributed by atoms with Crippen LogP contribution in [0.5, 0.6) is 5.88 Å². The molecule has 15 heavy (non-hydrogen) atoms. The standard InChI is InChI=1S/C8H11Cl2N3O2/c1-14-2-3-15-8-6(10)4-5(9)7(12-8)13-11/h4H,2-3,11H2,1H3,(H,12,13). The predicted octanol–water partition coefficient (Wildman–Crippen LogP) is 1.70. The van der Waals surface area contributed by atoms with Crippen LogP contribution in [-0.2, 0) is 4.74 Å². The minimum Gasteiger partial charge on any atom is -0.474 e. The van der Waals surface area contributed by atoms with Crippen molar-refractivity contribution in [2.24, 2.45) is 5.84 Å². The summed E-state index contributed by atoms with van der Waals surface area (Å²) in [6.45, 7) is 0.806. The summed E-state index contributed by atoms with van der Waals surface area (Å²) in [7, 11) is 1.58. The van der Waals surface area contributed by atoms with Crippen LogP contribution >= 0.6 is 23.2 Å². The Hall–Kier alpha value is -0.750. The van der Waals surface area contributed by atoms with E-state index in [0.29, 0.717) is 29.1 Å². The number of anilines is 1. The molecule has 1 rings (SSSR count). The molecule has 5 nitrogen and oxygen atoms in total. The van der Waals surface area contributed by atoms with Gasteiger partial charge in [0.25, 0.3) is 0 Å². The Kier molecular flexibility index (Phi) is 4.90. The molecule has 3 N–H and O–H groups in total. The van der Waals surface area contributed by atoms with E-state index >= 15 is 0 Å². The summed E-state index contributed by atoms with van der Waals surface area (Å²) >= 11 is 11.6. The SMILES string of the molecule is COCCOc1nc(NN)c(Cl)cc1Cl. The molecule has 0 aliphatic carbocycles. The highest BCUT2D eigenvalue weighted by atomic mass is 35.5. The lowest BCUT2D eigenvalue weighted by atomic mass is 10.4. The number of ether oxygens (including phenoxy) is 2. The zero-order valence-electron chi connectivity index (χ0n) is 8.09. The highest BCUT2D eigenvalue weighted by Crippen LogP contribution is 2.29. The minimum atomic E-state index is 0.270. The molecule has 1 aromatic heterocycles. The molecule has 0 aromatic carbocycles. The Labute approximate surface area is 97.4 Å². The van der Waals surface area contributed by atoms with E-state index < -0.39 is 0 Å². The van der Waals surface area contributed by atoms with Crippen LogP contribution in [0.25, 0.3) is 0 Å². The molecule has 7 heteroatoms. The topological polar surface area (TPSA) is 69.4 Å². The van der Waals surface area contributed by atoms with Gasteiger partial charge in [-0.05, 0) is 6.07 Å². The van der Waals surface area contributed by atoms with Crippen LogP contribution in [0.1, 0.15) is 0 Å². The molecule has 0 spiro atoms. The van der Waals surface area contributed by atoms with Gasteiger partial charge in [-0.1, -0.05) is 23.2 Å². The average molecular weight is 252 g/mol. The van der Waals surface area contributed by atoms with Crippen LogP contribution in [0, 0.1) is 0 Å². The largest absolute Gasteiger partial charge is 0.474 e. The van der Waals surface area contributed by atoms with Crippen molar-refractivity contribution in [3.63, 3.8) is 0 Å². The van der Waals surface area contributed by atoms with E-state index in [4.69, 9.17) is 38.5 Å². The molecule has 0 atom stereocenters. The lowest BCUT2D eigenvalue weighted by Gasteiger charge is -2.09. The molecule has 1 aromatic rings. The van der Waals surface area contributed by atoms with Crippen molar-refractivity contribution in [3.05, 3.63) is 16.1 Å². The minimum absolute atomic E-state index is 0.270. The van der Waals surface area contributed by atoms with Crippen LogP contribution in [0.2, 0.25) is 10.0 Å². The van der Waals surface area contributed by atoms with Crippen molar-refractivity contribution >= 4 is 29.0 Å². The smallest absolute Gasteiger partial charge is 0.234 e. The molecule has 0 saturated carbocycles. The highest BCUT2D eigenvalue weighted by Gasteiger charge is 2.09. The first kappa shape index (κ1) is 12.3. The summed E-state index contributed by atoms with van der Waals surface area (Å²) < 4.78 is 10.1. The molecule has 1 heterocycles. The number of halogens is 2. The number of hydrazine groups is 1. The monoisotopic (exact) mass is 251 g/mol. The maximum Gasteiger partial charge on any atom is 0.234 e. The number of methoxy groups -OCH3 is 1. The van der Waals surface area contributed by atoms with Crippen LogP contribution in [0.15, 0.2) is 6.07 Å². The maximum atomic E-state index is 5.86. The van der Waals surface area contributed by atoms with Gasteiger partial charge in [-0.15, -0.1) is 0 Å². The molecule has 0 radical (unpaired) electrons. The zero-order valence-corrected chi connectivity index (χ0v) is 9.60. The van der Waals surface area contributed by atoms with Gasteiger partial charge in [0.15, 0.2) is 5.82 Å². The second kappa shape index (κ2) is 5.97. The number of aromatic nitrogens is 1. The number of rotatable bonds is 5. The fourth-order valence-corrected chi connectivity index (χ4v) is 1.34. The Morgan fingerprint density at radius 3 is 2.73 bits per heavy atom. The normalized spacial score (nSPS) is 10.1. The van der Waals surface area contributed by atoms with Gasteiger partial charge in [0, 0.05) is 7.11 Å². The third-order valence-electron chi connectivity index (χ3n) is 1.56. The van der Waals surface area contributed by atoms with Gasteiger partial charge < -0.3 is 14.9 Å². The summed E-state index contributed by atoms with van der Waals surface area (Å²) in [6, 6.07) is 1.51.